The summed E-state index contributed by atoms with van der Waals surface area (Å²) in [5.41, 5.74) is 2.31. The van der Waals surface area contributed by atoms with Crippen molar-refractivity contribution < 1.29 is 10.3 Å². The standard InChI is InChI=1S/C9H10O.H2O/c1-8-4-2-3-5-9(8)6-7-10;/h2-5,7H,6H2,1H3;1H2. The van der Waals surface area contributed by atoms with E-state index in [1.165, 1.54) is 5.56 Å². The first-order chi connectivity index (χ1) is 4.84. The highest BCUT2D eigenvalue weighted by Gasteiger charge is 1.92. The van der Waals surface area contributed by atoms with Gasteiger partial charge in [-0.1, -0.05) is 24.3 Å². The summed E-state index contributed by atoms with van der Waals surface area (Å²) in [5.74, 6) is 0. The summed E-state index contributed by atoms with van der Waals surface area (Å²) in [5, 5.41) is 0. The zero-order valence-electron chi connectivity index (χ0n) is 6.50. The molecule has 2 nitrogen and oxygen atoms in total. The van der Waals surface area contributed by atoms with Crippen LogP contribution in [-0.4, -0.2) is 11.8 Å². The molecule has 0 aliphatic heterocycles. The Hall–Kier alpha value is -1.15. The summed E-state index contributed by atoms with van der Waals surface area (Å²) in [6.07, 6.45) is 1.47. The third kappa shape index (κ3) is 2.51. The van der Waals surface area contributed by atoms with E-state index in [4.69, 9.17) is 0 Å². The lowest BCUT2D eigenvalue weighted by Crippen LogP contribution is -1.88. The van der Waals surface area contributed by atoms with Crippen molar-refractivity contribution >= 4 is 6.29 Å². The van der Waals surface area contributed by atoms with Gasteiger partial charge in [-0.15, -0.1) is 0 Å². The molecule has 1 rings (SSSR count). The Morgan fingerprint density at radius 2 is 2.00 bits per heavy atom. The molecule has 60 valence electrons. The van der Waals surface area contributed by atoms with Gasteiger partial charge in [0.2, 0.25) is 0 Å². The number of rotatable bonds is 2. The van der Waals surface area contributed by atoms with E-state index in [1.54, 1.807) is 0 Å². The van der Waals surface area contributed by atoms with Crippen molar-refractivity contribution in [3.63, 3.8) is 0 Å². The van der Waals surface area contributed by atoms with Crippen LogP contribution < -0.4 is 0 Å². The second kappa shape index (κ2) is 4.63. The van der Waals surface area contributed by atoms with Gasteiger partial charge in [0.05, 0.1) is 0 Å². The number of aryl methyl sites for hydroxylation is 1. The zero-order valence-corrected chi connectivity index (χ0v) is 6.50. The third-order valence-corrected chi connectivity index (χ3v) is 1.56. The average molecular weight is 152 g/mol. The number of benzene rings is 1. The minimum atomic E-state index is 0. The second-order valence-corrected chi connectivity index (χ2v) is 2.30. The van der Waals surface area contributed by atoms with Crippen LogP contribution in [0.25, 0.3) is 0 Å². The van der Waals surface area contributed by atoms with Gasteiger partial charge in [0.1, 0.15) is 6.29 Å². The van der Waals surface area contributed by atoms with Crippen LogP contribution in [0.5, 0.6) is 0 Å². The highest BCUT2D eigenvalue weighted by molar-refractivity contribution is 5.55. The third-order valence-electron chi connectivity index (χ3n) is 1.56. The van der Waals surface area contributed by atoms with Gasteiger partial charge in [-0.2, -0.15) is 0 Å². The zero-order chi connectivity index (χ0) is 7.40. The van der Waals surface area contributed by atoms with Crippen molar-refractivity contribution in [2.45, 2.75) is 13.3 Å². The SMILES string of the molecule is Cc1ccccc1CC=O.O. The molecular weight excluding hydrogens is 140 g/mol. The normalized spacial score (nSPS) is 8.45. The molecule has 0 saturated carbocycles. The lowest BCUT2D eigenvalue weighted by molar-refractivity contribution is -0.107. The summed E-state index contributed by atoms with van der Waals surface area (Å²) < 4.78 is 0. The highest BCUT2D eigenvalue weighted by Crippen LogP contribution is 2.05. The molecule has 0 atom stereocenters. The van der Waals surface area contributed by atoms with Gasteiger partial charge >= 0.3 is 0 Å². The van der Waals surface area contributed by atoms with E-state index in [1.807, 2.05) is 31.2 Å². The maximum absolute atomic E-state index is 10.1. The Balaban J connectivity index is 0.000001000. The molecule has 1 aromatic rings. The number of hydrogen-bond donors (Lipinski definition) is 0. The van der Waals surface area contributed by atoms with Gasteiger partial charge in [-0.3, -0.25) is 0 Å². The van der Waals surface area contributed by atoms with Crippen molar-refractivity contribution in [1.29, 1.82) is 0 Å². The molecule has 0 radical (unpaired) electrons. The summed E-state index contributed by atoms with van der Waals surface area (Å²) in [4.78, 5) is 10.1. The van der Waals surface area contributed by atoms with E-state index in [0.717, 1.165) is 11.8 Å². The largest absolute Gasteiger partial charge is 0.412 e. The molecule has 0 aliphatic carbocycles. The van der Waals surface area contributed by atoms with E-state index >= 15 is 0 Å². The molecule has 0 saturated heterocycles. The molecule has 2 heteroatoms. The minimum Gasteiger partial charge on any atom is -0.412 e. The van der Waals surface area contributed by atoms with Crippen LogP contribution in [-0.2, 0) is 11.2 Å². The number of carbonyl (C=O) groups is 1. The molecule has 0 bridgehead atoms. The molecule has 0 unspecified atom stereocenters. The van der Waals surface area contributed by atoms with Gasteiger partial charge in [0, 0.05) is 6.42 Å². The van der Waals surface area contributed by atoms with Crippen LogP contribution in [0.2, 0.25) is 0 Å². The second-order valence-electron chi connectivity index (χ2n) is 2.30. The lowest BCUT2D eigenvalue weighted by atomic mass is 10.1. The van der Waals surface area contributed by atoms with Crippen molar-refractivity contribution in [2.24, 2.45) is 0 Å². The lowest BCUT2D eigenvalue weighted by Gasteiger charge is -1.97. The summed E-state index contributed by atoms with van der Waals surface area (Å²) in [6.45, 7) is 2.01. The molecule has 0 heterocycles. The van der Waals surface area contributed by atoms with E-state index in [2.05, 4.69) is 0 Å². The number of hydrogen-bond acceptors (Lipinski definition) is 1. The van der Waals surface area contributed by atoms with Gasteiger partial charge < -0.3 is 10.3 Å². The van der Waals surface area contributed by atoms with E-state index in [9.17, 15) is 4.79 Å². The first-order valence-electron chi connectivity index (χ1n) is 3.32. The molecule has 0 fully saturated rings. The van der Waals surface area contributed by atoms with Crippen LogP contribution in [0.3, 0.4) is 0 Å². The first-order valence-corrected chi connectivity index (χ1v) is 3.32. The van der Waals surface area contributed by atoms with E-state index in [0.29, 0.717) is 6.42 Å². The van der Waals surface area contributed by atoms with E-state index in [-0.39, 0.29) is 5.48 Å². The van der Waals surface area contributed by atoms with Crippen molar-refractivity contribution in [3.05, 3.63) is 35.4 Å². The molecule has 1 aromatic carbocycles. The Kier molecular flexibility index (Phi) is 4.15. The maximum Gasteiger partial charge on any atom is 0.124 e. The predicted octanol–water partition coefficient (Wildman–Crippen LogP) is 0.912. The Morgan fingerprint density at radius 1 is 1.36 bits per heavy atom. The molecule has 0 amide bonds. The molecule has 0 aromatic heterocycles. The number of carbonyl (C=O) groups excluding carboxylic acids is 1. The van der Waals surface area contributed by atoms with Gasteiger partial charge in [0.15, 0.2) is 0 Å². The Morgan fingerprint density at radius 3 is 2.55 bits per heavy atom. The monoisotopic (exact) mass is 152 g/mol. The molecule has 2 N–H and O–H groups in total. The van der Waals surface area contributed by atoms with Crippen molar-refractivity contribution in [3.8, 4) is 0 Å². The minimum absolute atomic E-state index is 0. The summed E-state index contributed by atoms with van der Waals surface area (Å²) in [7, 11) is 0. The highest BCUT2D eigenvalue weighted by atomic mass is 16.1. The fourth-order valence-corrected chi connectivity index (χ4v) is 0.929. The average Bonchev–Trinajstić information content (AvgIpc) is 1.94. The van der Waals surface area contributed by atoms with Crippen LogP contribution in [0.1, 0.15) is 11.1 Å². The molecule has 11 heavy (non-hydrogen) atoms. The van der Waals surface area contributed by atoms with Crippen molar-refractivity contribution in [1.82, 2.24) is 0 Å². The van der Waals surface area contributed by atoms with Crippen molar-refractivity contribution in [2.75, 3.05) is 0 Å². The Labute approximate surface area is 66.2 Å². The molecule has 0 aliphatic rings. The quantitative estimate of drug-likeness (QED) is 0.581. The smallest absolute Gasteiger partial charge is 0.124 e. The van der Waals surface area contributed by atoms with Gasteiger partial charge in [0.25, 0.3) is 0 Å². The van der Waals surface area contributed by atoms with Crippen LogP contribution in [0.4, 0.5) is 0 Å². The topological polar surface area (TPSA) is 48.6 Å². The fourth-order valence-electron chi connectivity index (χ4n) is 0.929. The summed E-state index contributed by atoms with van der Waals surface area (Å²) in [6, 6.07) is 7.91. The fraction of sp³-hybridized carbons (Fsp3) is 0.222. The maximum atomic E-state index is 10.1. The molecule has 0 spiro atoms. The molecular formula is C9H12O2. The summed E-state index contributed by atoms with van der Waals surface area (Å²) >= 11 is 0. The predicted molar refractivity (Wildman–Crippen MR) is 44.6 cm³/mol. The number of aldehydes is 1. The van der Waals surface area contributed by atoms with Gasteiger partial charge in [-0.05, 0) is 18.1 Å². The van der Waals surface area contributed by atoms with E-state index < -0.39 is 0 Å². The Bertz CT molecular complexity index is 231. The van der Waals surface area contributed by atoms with Gasteiger partial charge in [-0.25, -0.2) is 0 Å². The van der Waals surface area contributed by atoms with Crippen LogP contribution in [0, 0.1) is 6.92 Å². The van der Waals surface area contributed by atoms with Crippen LogP contribution >= 0.6 is 0 Å². The van der Waals surface area contributed by atoms with Crippen LogP contribution in [0.15, 0.2) is 24.3 Å². The first kappa shape index (κ1) is 9.85.